The van der Waals surface area contributed by atoms with Gasteiger partial charge in [-0.3, -0.25) is 0 Å². The van der Waals surface area contributed by atoms with Gasteiger partial charge in [-0.2, -0.15) is 0 Å². The number of rotatable bonds is 1. The lowest BCUT2D eigenvalue weighted by Gasteiger charge is -2.08. The van der Waals surface area contributed by atoms with Crippen molar-refractivity contribution in [2.24, 2.45) is 0 Å². The summed E-state index contributed by atoms with van der Waals surface area (Å²) in [7, 11) is 1.43. The Labute approximate surface area is 89.3 Å². The normalized spacial score (nSPS) is 10.8. The maximum absolute atomic E-state index is 13.5. The van der Waals surface area contributed by atoms with Crippen LogP contribution in [0.25, 0.3) is 10.8 Å². The van der Waals surface area contributed by atoms with Gasteiger partial charge in [0.2, 0.25) is 0 Å². The van der Waals surface area contributed by atoms with Crippen LogP contribution in [0.15, 0.2) is 18.2 Å². The Balaban J connectivity index is 2.93. The number of phenols is 1. The first-order chi connectivity index (χ1) is 7.56. The third kappa shape index (κ3) is 1.36. The zero-order chi connectivity index (χ0) is 11.9. The molecule has 16 heavy (non-hydrogen) atoms. The highest BCUT2D eigenvalue weighted by molar-refractivity contribution is 5.88. The maximum atomic E-state index is 13.5. The predicted octanol–water partition coefficient (Wildman–Crippen LogP) is 3.00. The van der Waals surface area contributed by atoms with E-state index in [-0.39, 0.29) is 11.1 Å². The fourth-order valence-corrected chi connectivity index (χ4v) is 1.55. The largest absolute Gasteiger partial charge is 0.505 e. The monoisotopic (exact) mass is 227 g/mol. The smallest absolute Gasteiger partial charge is 0.182 e. The van der Waals surface area contributed by atoms with Gasteiger partial charge in [0.05, 0.1) is 11.1 Å². The minimum atomic E-state index is -1.31. The van der Waals surface area contributed by atoms with Crippen LogP contribution < -0.4 is 5.32 Å². The van der Waals surface area contributed by atoms with Crippen LogP contribution in [0, 0.1) is 17.5 Å². The highest BCUT2D eigenvalue weighted by Crippen LogP contribution is 2.32. The second-order valence-electron chi connectivity index (χ2n) is 3.30. The summed E-state index contributed by atoms with van der Waals surface area (Å²) in [6.07, 6.45) is 0. The van der Waals surface area contributed by atoms with E-state index in [9.17, 15) is 13.2 Å². The number of benzene rings is 2. The number of anilines is 1. The van der Waals surface area contributed by atoms with Crippen LogP contribution >= 0.6 is 0 Å². The molecule has 0 aromatic heterocycles. The Hall–Kier alpha value is -1.91. The van der Waals surface area contributed by atoms with Crippen LogP contribution in [0.3, 0.4) is 0 Å². The second-order valence-corrected chi connectivity index (χ2v) is 3.30. The number of halogens is 3. The Morgan fingerprint density at radius 2 is 1.75 bits per heavy atom. The van der Waals surface area contributed by atoms with Crippen LogP contribution in [-0.2, 0) is 0 Å². The topological polar surface area (TPSA) is 32.3 Å². The lowest BCUT2D eigenvalue weighted by molar-refractivity contribution is 0.433. The molecule has 2 nitrogen and oxygen atoms in total. The predicted molar refractivity (Wildman–Crippen MR) is 55.0 cm³/mol. The lowest BCUT2D eigenvalue weighted by atomic mass is 10.1. The molecule has 2 aromatic carbocycles. The van der Waals surface area contributed by atoms with Gasteiger partial charge >= 0.3 is 0 Å². The highest BCUT2D eigenvalue weighted by atomic mass is 19.2. The van der Waals surface area contributed by atoms with Crippen LogP contribution in [0.4, 0.5) is 18.9 Å². The van der Waals surface area contributed by atoms with Gasteiger partial charge in [-0.05, 0) is 17.5 Å². The minimum Gasteiger partial charge on any atom is -0.505 e. The van der Waals surface area contributed by atoms with Crippen molar-refractivity contribution in [3.05, 3.63) is 35.7 Å². The van der Waals surface area contributed by atoms with Gasteiger partial charge in [0.15, 0.2) is 23.2 Å². The summed E-state index contributed by atoms with van der Waals surface area (Å²) >= 11 is 0. The molecule has 0 unspecified atom stereocenters. The molecule has 5 heteroatoms. The molecule has 0 amide bonds. The Kier molecular flexibility index (Phi) is 2.38. The summed E-state index contributed by atoms with van der Waals surface area (Å²) in [4.78, 5) is 0. The maximum Gasteiger partial charge on any atom is 0.182 e. The van der Waals surface area contributed by atoms with Gasteiger partial charge in [-0.15, -0.1) is 0 Å². The van der Waals surface area contributed by atoms with Gasteiger partial charge in [-0.25, -0.2) is 13.2 Å². The van der Waals surface area contributed by atoms with Crippen molar-refractivity contribution in [1.82, 2.24) is 0 Å². The van der Waals surface area contributed by atoms with E-state index in [0.717, 1.165) is 6.07 Å². The molecule has 0 radical (unpaired) electrons. The molecule has 0 bridgehead atoms. The van der Waals surface area contributed by atoms with Crippen molar-refractivity contribution in [3.8, 4) is 5.75 Å². The molecule has 0 fully saturated rings. The van der Waals surface area contributed by atoms with Crippen molar-refractivity contribution >= 4 is 16.5 Å². The first kappa shape index (κ1) is 10.6. The van der Waals surface area contributed by atoms with Crippen molar-refractivity contribution in [1.29, 1.82) is 0 Å². The quantitative estimate of drug-likeness (QED) is 0.784. The van der Waals surface area contributed by atoms with Crippen LogP contribution in [-0.4, -0.2) is 12.2 Å². The van der Waals surface area contributed by atoms with Crippen LogP contribution in [0.5, 0.6) is 5.75 Å². The summed E-state index contributed by atoms with van der Waals surface area (Å²) < 4.78 is 40.3. The first-order valence-electron chi connectivity index (χ1n) is 4.53. The van der Waals surface area contributed by atoms with E-state index in [1.54, 1.807) is 0 Å². The van der Waals surface area contributed by atoms with Gasteiger partial charge < -0.3 is 10.4 Å². The molecular formula is C11H8F3NO. The number of nitrogens with one attached hydrogen (secondary N) is 1. The summed E-state index contributed by atoms with van der Waals surface area (Å²) in [6, 6.07) is 3.68. The van der Waals surface area contributed by atoms with Crippen LogP contribution in [0.1, 0.15) is 0 Å². The molecule has 0 saturated heterocycles. The third-order valence-corrected chi connectivity index (χ3v) is 2.37. The molecule has 0 aliphatic rings. The highest BCUT2D eigenvalue weighted by Gasteiger charge is 2.17. The zero-order valence-corrected chi connectivity index (χ0v) is 8.31. The first-order valence-corrected chi connectivity index (χ1v) is 4.53. The van der Waals surface area contributed by atoms with Crippen molar-refractivity contribution in [3.63, 3.8) is 0 Å². The van der Waals surface area contributed by atoms with E-state index in [4.69, 9.17) is 5.11 Å². The van der Waals surface area contributed by atoms with Gasteiger partial charge in [-0.1, -0.05) is 6.07 Å². The van der Waals surface area contributed by atoms with E-state index < -0.39 is 28.6 Å². The van der Waals surface area contributed by atoms with Crippen molar-refractivity contribution in [2.75, 3.05) is 12.4 Å². The molecule has 0 spiro atoms. The van der Waals surface area contributed by atoms with E-state index in [1.807, 2.05) is 0 Å². The molecule has 0 aliphatic carbocycles. The molecule has 2 aromatic rings. The standard InChI is InChI=1S/C11H8F3NO/c1-15-6-4-5-2-3-7(16)10(13)8(5)11(14)9(6)12/h2-4,15-16H,1H3. The van der Waals surface area contributed by atoms with Gasteiger partial charge in [0, 0.05) is 7.05 Å². The molecule has 2 N–H and O–H groups in total. The summed E-state index contributed by atoms with van der Waals surface area (Å²) in [6.45, 7) is 0. The summed E-state index contributed by atoms with van der Waals surface area (Å²) in [5.74, 6) is -4.34. The minimum absolute atomic E-state index is 0.0601. The number of phenolic OH excluding ortho intramolecular Hbond substituents is 1. The summed E-state index contributed by atoms with van der Waals surface area (Å²) in [5, 5.41) is 11.2. The molecule has 0 saturated carbocycles. The van der Waals surface area contributed by atoms with Gasteiger partial charge in [0.25, 0.3) is 0 Å². The van der Waals surface area contributed by atoms with Gasteiger partial charge in [0.1, 0.15) is 0 Å². The average Bonchev–Trinajstić information content (AvgIpc) is 2.28. The van der Waals surface area contributed by atoms with Crippen molar-refractivity contribution < 1.29 is 18.3 Å². The fourth-order valence-electron chi connectivity index (χ4n) is 1.55. The van der Waals surface area contributed by atoms with E-state index in [1.165, 1.54) is 19.2 Å². The molecule has 84 valence electrons. The Morgan fingerprint density at radius 1 is 1.06 bits per heavy atom. The SMILES string of the molecule is CNc1cc2ccc(O)c(F)c2c(F)c1F. The number of aromatic hydroxyl groups is 1. The fraction of sp³-hybridized carbons (Fsp3) is 0.0909. The average molecular weight is 227 g/mol. The number of hydrogen-bond acceptors (Lipinski definition) is 2. The Bertz CT molecular complexity index is 569. The van der Waals surface area contributed by atoms with E-state index in [0.29, 0.717) is 0 Å². The molecule has 0 aliphatic heterocycles. The molecule has 0 heterocycles. The number of fused-ring (bicyclic) bond motifs is 1. The molecule has 0 atom stereocenters. The second kappa shape index (κ2) is 3.59. The number of hydrogen-bond donors (Lipinski definition) is 2. The molecule has 2 rings (SSSR count). The molecular weight excluding hydrogens is 219 g/mol. The zero-order valence-electron chi connectivity index (χ0n) is 8.31. The van der Waals surface area contributed by atoms with Crippen molar-refractivity contribution in [2.45, 2.75) is 0 Å². The van der Waals surface area contributed by atoms with E-state index >= 15 is 0 Å². The Morgan fingerprint density at radius 3 is 2.38 bits per heavy atom. The summed E-state index contributed by atoms with van der Waals surface area (Å²) in [5.41, 5.74) is -0.0601. The van der Waals surface area contributed by atoms with Crippen LogP contribution in [0.2, 0.25) is 0 Å². The lowest BCUT2D eigenvalue weighted by Crippen LogP contribution is -1.98. The van der Waals surface area contributed by atoms with E-state index in [2.05, 4.69) is 5.32 Å². The third-order valence-electron chi connectivity index (χ3n) is 2.37.